The highest BCUT2D eigenvalue weighted by Gasteiger charge is 2.20. The van der Waals surface area contributed by atoms with E-state index < -0.39 is 0 Å². The molecule has 0 unspecified atom stereocenters. The van der Waals surface area contributed by atoms with Crippen LogP contribution in [0.2, 0.25) is 0 Å². The molecule has 1 aromatic heterocycles. The fourth-order valence-electron chi connectivity index (χ4n) is 2.01. The average molecular weight is 267 g/mol. The molecule has 0 aliphatic rings. The van der Waals surface area contributed by atoms with Crippen LogP contribution in [0.3, 0.4) is 0 Å². The number of aromatic nitrogens is 3. The standard InChI is InChI=1S/C13H25N5O/c1-4-11(5-2)9-17(6-3)13(19)12-10-18(8-7-14)16-15-12/h10-11H,4-9,14H2,1-3H3. The Bertz CT molecular complexity index is 386. The predicted molar refractivity (Wildman–Crippen MR) is 74.7 cm³/mol. The molecule has 108 valence electrons. The molecule has 0 fully saturated rings. The van der Waals surface area contributed by atoms with Crippen molar-refractivity contribution in [2.75, 3.05) is 19.6 Å². The van der Waals surface area contributed by atoms with Crippen molar-refractivity contribution in [2.24, 2.45) is 11.7 Å². The summed E-state index contributed by atoms with van der Waals surface area (Å²) >= 11 is 0. The zero-order valence-electron chi connectivity index (χ0n) is 12.2. The maximum atomic E-state index is 12.3. The third-order valence-corrected chi connectivity index (χ3v) is 3.42. The molecule has 0 aliphatic heterocycles. The Morgan fingerprint density at radius 2 is 2.11 bits per heavy atom. The van der Waals surface area contributed by atoms with E-state index >= 15 is 0 Å². The second-order valence-corrected chi connectivity index (χ2v) is 4.68. The van der Waals surface area contributed by atoms with Crippen molar-refractivity contribution < 1.29 is 4.79 Å². The van der Waals surface area contributed by atoms with E-state index in [1.54, 1.807) is 10.9 Å². The number of amides is 1. The molecule has 19 heavy (non-hydrogen) atoms. The molecule has 6 heteroatoms. The summed E-state index contributed by atoms with van der Waals surface area (Å²) in [5.41, 5.74) is 5.85. The summed E-state index contributed by atoms with van der Waals surface area (Å²) in [7, 11) is 0. The second-order valence-electron chi connectivity index (χ2n) is 4.68. The van der Waals surface area contributed by atoms with Gasteiger partial charge in [-0.15, -0.1) is 5.10 Å². The summed E-state index contributed by atoms with van der Waals surface area (Å²) < 4.78 is 1.61. The van der Waals surface area contributed by atoms with Crippen molar-refractivity contribution in [3.8, 4) is 0 Å². The molecule has 1 rings (SSSR count). The molecule has 0 atom stereocenters. The van der Waals surface area contributed by atoms with Gasteiger partial charge >= 0.3 is 0 Å². The van der Waals surface area contributed by atoms with E-state index in [0.717, 1.165) is 19.4 Å². The molecule has 2 N–H and O–H groups in total. The zero-order chi connectivity index (χ0) is 14.3. The van der Waals surface area contributed by atoms with E-state index in [4.69, 9.17) is 5.73 Å². The van der Waals surface area contributed by atoms with Crippen molar-refractivity contribution in [3.63, 3.8) is 0 Å². The van der Waals surface area contributed by atoms with Crippen LogP contribution >= 0.6 is 0 Å². The predicted octanol–water partition coefficient (Wildman–Crippen LogP) is 1.14. The summed E-state index contributed by atoms with van der Waals surface area (Å²) in [4.78, 5) is 14.2. The van der Waals surface area contributed by atoms with Gasteiger partial charge in [-0.05, 0) is 12.8 Å². The van der Waals surface area contributed by atoms with Crippen LogP contribution in [0.5, 0.6) is 0 Å². The van der Waals surface area contributed by atoms with Crippen LogP contribution in [0.1, 0.15) is 44.1 Å². The Kier molecular flexibility index (Phi) is 6.49. The number of carbonyl (C=O) groups is 1. The van der Waals surface area contributed by atoms with Crippen LogP contribution < -0.4 is 5.73 Å². The average Bonchev–Trinajstić information content (AvgIpc) is 2.89. The van der Waals surface area contributed by atoms with Crippen LogP contribution in [0.4, 0.5) is 0 Å². The third kappa shape index (κ3) is 4.31. The molecular formula is C13H25N5O. The summed E-state index contributed by atoms with van der Waals surface area (Å²) in [6.07, 6.45) is 3.84. The lowest BCUT2D eigenvalue weighted by atomic mass is 10.0. The molecule has 1 heterocycles. The second kappa shape index (κ2) is 7.89. The van der Waals surface area contributed by atoms with Crippen LogP contribution in [0.25, 0.3) is 0 Å². The van der Waals surface area contributed by atoms with Gasteiger partial charge in [0.2, 0.25) is 0 Å². The molecule has 0 aromatic carbocycles. The Morgan fingerprint density at radius 1 is 1.42 bits per heavy atom. The van der Waals surface area contributed by atoms with Crippen LogP contribution in [0, 0.1) is 5.92 Å². The lowest BCUT2D eigenvalue weighted by Crippen LogP contribution is -2.35. The summed E-state index contributed by atoms with van der Waals surface area (Å²) in [5, 5.41) is 7.83. The van der Waals surface area contributed by atoms with Gasteiger partial charge in [0.25, 0.3) is 5.91 Å². The zero-order valence-corrected chi connectivity index (χ0v) is 12.2. The highest BCUT2D eigenvalue weighted by Crippen LogP contribution is 2.11. The van der Waals surface area contributed by atoms with E-state index in [1.807, 2.05) is 11.8 Å². The number of carbonyl (C=O) groups excluding carboxylic acids is 1. The van der Waals surface area contributed by atoms with Crippen molar-refractivity contribution in [2.45, 2.75) is 40.2 Å². The maximum Gasteiger partial charge on any atom is 0.276 e. The van der Waals surface area contributed by atoms with Crippen molar-refractivity contribution in [1.29, 1.82) is 0 Å². The Hall–Kier alpha value is -1.43. The molecule has 0 bridgehead atoms. The van der Waals surface area contributed by atoms with Gasteiger partial charge in [0.15, 0.2) is 5.69 Å². The van der Waals surface area contributed by atoms with E-state index in [2.05, 4.69) is 24.2 Å². The topological polar surface area (TPSA) is 77.0 Å². The first-order valence-corrected chi connectivity index (χ1v) is 7.05. The summed E-state index contributed by atoms with van der Waals surface area (Å²) in [6.45, 7) is 8.85. The third-order valence-electron chi connectivity index (χ3n) is 3.42. The monoisotopic (exact) mass is 267 g/mol. The minimum absolute atomic E-state index is 0.0438. The van der Waals surface area contributed by atoms with Crippen molar-refractivity contribution in [1.82, 2.24) is 19.9 Å². The number of nitrogens with two attached hydrogens (primary N) is 1. The quantitative estimate of drug-likeness (QED) is 0.766. The van der Waals surface area contributed by atoms with Gasteiger partial charge in [-0.1, -0.05) is 31.9 Å². The smallest absolute Gasteiger partial charge is 0.276 e. The molecule has 0 saturated heterocycles. The molecule has 0 aliphatic carbocycles. The fraction of sp³-hybridized carbons (Fsp3) is 0.769. The lowest BCUT2D eigenvalue weighted by molar-refractivity contribution is 0.0729. The minimum Gasteiger partial charge on any atom is -0.337 e. The fourth-order valence-corrected chi connectivity index (χ4v) is 2.01. The first kappa shape index (κ1) is 15.6. The first-order chi connectivity index (χ1) is 9.15. The van der Waals surface area contributed by atoms with E-state index in [0.29, 0.717) is 31.2 Å². The normalized spacial score (nSPS) is 11.0. The molecule has 1 aromatic rings. The minimum atomic E-state index is -0.0438. The van der Waals surface area contributed by atoms with Gasteiger partial charge < -0.3 is 10.6 Å². The van der Waals surface area contributed by atoms with Crippen LogP contribution in [-0.2, 0) is 6.54 Å². The molecule has 6 nitrogen and oxygen atoms in total. The highest BCUT2D eigenvalue weighted by molar-refractivity contribution is 5.91. The van der Waals surface area contributed by atoms with E-state index in [9.17, 15) is 4.79 Å². The van der Waals surface area contributed by atoms with Gasteiger partial charge in [-0.3, -0.25) is 9.48 Å². The number of nitrogens with zero attached hydrogens (tertiary/aromatic N) is 4. The van der Waals surface area contributed by atoms with Gasteiger partial charge in [-0.2, -0.15) is 0 Å². The number of rotatable bonds is 8. The SMILES string of the molecule is CCC(CC)CN(CC)C(=O)c1cn(CCN)nn1. The number of hydrogen-bond donors (Lipinski definition) is 1. The van der Waals surface area contributed by atoms with Gasteiger partial charge in [0, 0.05) is 19.6 Å². The van der Waals surface area contributed by atoms with Gasteiger partial charge in [0.1, 0.15) is 0 Å². The van der Waals surface area contributed by atoms with Gasteiger partial charge in [-0.25, -0.2) is 0 Å². The van der Waals surface area contributed by atoms with Crippen molar-refractivity contribution >= 4 is 5.91 Å². The van der Waals surface area contributed by atoms with Crippen LogP contribution in [-0.4, -0.2) is 45.4 Å². The highest BCUT2D eigenvalue weighted by atomic mass is 16.2. The van der Waals surface area contributed by atoms with Crippen LogP contribution in [0.15, 0.2) is 6.20 Å². The Morgan fingerprint density at radius 3 is 2.63 bits per heavy atom. The summed E-state index contributed by atoms with van der Waals surface area (Å²) in [5.74, 6) is 0.501. The molecule has 0 spiro atoms. The van der Waals surface area contributed by atoms with E-state index in [1.165, 1.54) is 0 Å². The lowest BCUT2D eigenvalue weighted by Gasteiger charge is -2.24. The number of hydrogen-bond acceptors (Lipinski definition) is 4. The maximum absolute atomic E-state index is 12.3. The summed E-state index contributed by atoms with van der Waals surface area (Å²) in [6, 6.07) is 0. The Labute approximate surface area is 115 Å². The van der Waals surface area contributed by atoms with Crippen molar-refractivity contribution in [3.05, 3.63) is 11.9 Å². The van der Waals surface area contributed by atoms with Gasteiger partial charge in [0.05, 0.1) is 12.7 Å². The molecule has 1 amide bonds. The molecular weight excluding hydrogens is 242 g/mol. The largest absolute Gasteiger partial charge is 0.337 e. The molecule has 0 radical (unpaired) electrons. The first-order valence-electron chi connectivity index (χ1n) is 7.05. The van der Waals surface area contributed by atoms with E-state index in [-0.39, 0.29) is 5.91 Å². The molecule has 0 saturated carbocycles. The Balaban J connectivity index is 2.71.